The Bertz CT molecular complexity index is 126. The standard InChI is InChI=1S/C9H20N2O/c1-2-9(5-10)11-4-3-8(6-11)7-12/h8-9,12H,2-7,10H2,1H3. The highest BCUT2D eigenvalue weighted by Crippen LogP contribution is 2.18. The molecule has 1 aliphatic heterocycles. The molecule has 1 saturated heterocycles. The average Bonchev–Trinajstić information content (AvgIpc) is 2.55. The second kappa shape index (κ2) is 4.80. The van der Waals surface area contributed by atoms with Crippen molar-refractivity contribution in [2.24, 2.45) is 11.7 Å². The summed E-state index contributed by atoms with van der Waals surface area (Å²) < 4.78 is 0. The van der Waals surface area contributed by atoms with Gasteiger partial charge >= 0.3 is 0 Å². The maximum Gasteiger partial charge on any atom is 0.0471 e. The molecule has 0 aliphatic carbocycles. The molecule has 2 atom stereocenters. The van der Waals surface area contributed by atoms with Gasteiger partial charge in [0.05, 0.1) is 0 Å². The van der Waals surface area contributed by atoms with Crippen molar-refractivity contribution in [3.8, 4) is 0 Å². The first-order valence-corrected chi connectivity index (χ1v) is 4.86. The molecule has 3 N–H and O–H groups in total. The van der Waals surface area contributed by atoms with Crippen molar-refractivity contribution in [3.05, 3.63) is 0 Å². The largest absolute Gasteiger partial charge is 0.396 e. The molecule has 0 aromatic carbocycles. The molecule has 1 fully saturated rings. The summed E-state index contributed by atoms with van der Waals surface area (Å²) in [6.45, 7) is 5.39. The number of likely N-dealkylation sites (tertiary alicyclic amines) is 1. The normalized spacial score (nSPS) is 27.8. The van der Waals surface area contributed by atoms with E-state index >= 15 is 0 Å². The lowest BCUT2D eigenvalue weighted by Crippen LogP contribution is -2.38. The molecule has 1 rings (SSSR count). The third kappa shape index (κ3) is 2.19. The summed E-state index contributed by atoms with van der Waals surface area (Å²) in [6, 6.07) is 0.529. The summed E-state index contributed by atoms with van der Waals surface area (Å²) in [7, 11) is 0. The van der Waals surface area contributed by atoms with Gasteiger partial charge in [0, 0.05) is 25.7 Å². The Labute approximate surface area is 74.5 Å². The van der Waals surface area contributed by atoms with Gasteiger partial charge in [-0.1, -0.05) is 6.92 Å². The molecule has 1 heterocycles. The molecule has 0 aromatic rings. The molecule has 0 radical (unpaired) electrons. The number of nitrogens with two attached hydrogens (primary N) is 1. The molecule has 12 heavy (non-hydrogen) atoms. The number of aliphatic hydroxyl groups excluding tert-OH is 1. The third-order valence-electron chi connectivity index (χ3n) is 2.84. The molecular weight excluding hydrogens is 152 g/mol. The van der Waals surface area contributed by atoms with Gasteiger partial charge < -0.3 is 10.8 Å². The van der Waals surface area contributed by atoms with Gasteiger partial charge in [0.1, 0.15) is 0 Å². The number of nitrogens with zero attached hydrogens (tertiary/aromatic N) is 1. The van der Waals surface area contributed by atoms with Crippen LogP contribution in [0.3, 0.4) is 0 Å². The molecule has 3 heteroatoms. The zero-order valence-corrected chi connectivity index (χ0v) is 7.87. The van der Waals surface area contributed by atoms with E-state index in [1.165, 1.54) is 0 Å². The lowest BCUT2D eigenvalue weighted by molar-refractivity contribution is 0.197. The Morgan fingerprint density at radius 3 is 2.83 bits per heavy atom. The molecular formula is C9H20N2O. The van der Waals surface area contributed by atoms with Gasteiger partial charge in [-0.15, -0.1) is 0 Å². The highest BCUT2D eigenvalue weighted by molar-refractivity contribution is 4.80. The van der Waals surface area contributed by atoms with Crippen molar-refractivity contribution in [3.63, 3.8) is 0 Å². The predicted molar refractivity (Wildman–Crippen MR) is 49.9 cm³/mol. The smallest absolute Gasteiger partial charge is 0.0471 e. The Morgan fingerprint density at radius 1 is 1.67 bits per heavy atom. The quantitative estimate of drug-likeness (QED) is 0.629. The predicted octanol–water partition coefficient (Wildman–Crippen LogP) is 0.0379. The van der Waals surface area contributed by atoms with E-state index in [0.717, 1.165) is 32.5 Å². The van der Waals surface area contributed by atoms with Gasteiger partial charge in [0.25, 0.3) is 0 Å². The Balaban J connectivity index is 2.34. The van der Waals surface area contributed by atoms with Crippen LogP contribution in [0, 0.1) is 5.92 Å². The maximum atomic E-state index is 8.95. The molecule has 0 bridgehead atoms. The Hall–Kier alpha value is -0.120. The van der Waals surface area contributed by atoms with Crippen LogP contribution in [-0.4, -0.2) is 42.3 Å². The molecule has 72 valence electrons. The zero-order valence-electron chi connectivity index (χ0n) is 7.87. The lowest BCUT2D eigenvalue weighted by atomic mass is 10.1. The second-order valence-corrected chi connectivity index (χ2v) is 3.63. The number of aliphatic hydroxyl groups is 1. The molecule has 0 spiro atoms. The van der Waals surface area contributed by atoms with E-state index in [0.29, 0.717) is 18.6 Å². The van der Waals surface area contributed by atoms with Gasteiger partial charge in [0.2, 0.25) is 0 Å². The summed E-state index contributed by atoms with van der Waals surface area (Å²) in [5, 5.41) is 8.95. The van der Waals surface area contributed by atoms with Gasteiger partial charge in [0.15, 0.2) is 0 Å². The number of rotatable bonds is 4. The average molecular weight is 172 g/mol. The van der Waals surface area contributed by atoms with E-state index in [1.807, 2.05) is 0 Å². The van der Waals surface area contributed by atoms with Crippen molar-refractivity contribution < 1.29 is 5.11 Å². The first kappa shape index (κ1) is 9.96. The summed E-state index contributed by atoms with van der Waals surface area (Å²) in [6.07, 6.45) is 2.25. The van der Waals surface area contributed by atoms with Crippen LogP contribution in [0.5, 0.6) is 0 Å². The SMILES string of the molecule is CCC(CN)N1CCC(CO)C1. The lowest BCUT2D eigenvalue weighted by Gasteiger charge is -2.25. The minimum atomic E-state index is 0.331. The van der Waals surface area contributed by atoms with E-state index in [2.05, 4.69) is 11.8 Å². The number of hydrogen-bond donors (Lipinski definition) is 2. The minimum Gasteiger partial charge on any atom is -0.396 e. The third-order valence-corrected chi connectivity index (χ3v) is 2.84. The van der Waals surface area contributed by atoms with Crippen LogP contribution in [-0.2, 0) is 0 Å². The van der Waals surface area contributed by atoms with Gasteiger partial charge in [-0.3, -0.25) is 4.90 Å². The summed E-state index contributed by atoms with van der Waals surface area (Å²) >= 11 is 0. The second-order valence-electron chi connectivity index (χ2n) is 3.63. The first-order chi connectivity index (χ1) is 5.81. The first-order valence-electron chi connectivity index (χ1n) is 4.86. The van der Waals surface area contributed by atoms with E-state index in [-0.39, 0.29) is 0 Å². The summed E-state index contributed by atoms with van der Waals surface area (Å²) in [5.41, 5.74) is 5.65. The number of hydrogen-bond acceptors (Lipinski definition) is 3. The van der Waals surface area contributed by atoms with Crippen LogP contribution in [0.25, 0.3) is 0 Å². The monoisotopic (exact) mass is 172 g/mol. The van der Waals surface area contributed by atoms with Crippen LogP contribution < -0.4 is 5.73 Å². The Morgan fingerprint density at radius 2 is 2.42 bits per heavy atom. The van der Waals surface area contributed by atoms with Crippen molar-refractivity contribution in [2.75, 3.05) is 26.2 Å². The fourth-order valence-electron chi connectivity index (χ4n) is 1.92. The molecule has 0 saturated carbocycles. The van der Waals surface area contributed by atoms with Crippen LogP contribution in [0.2, 0.25) is 0 Å². The van der Waals surface area contributed by atoms with E-state index in [1.54, 1.807) is 0 Å². The highest BCUT2D eigenvalue weighted by Gasteiger charge is 2.25. The van der Waals surface area contributed by atoms with Crippen molar-refractivity contribution in [1.82, 2.24) is 4.90 Å². The molecule has 2 unspecified atom stereocenters. The van der Waals surface area contributed by atoms with Gasteiger partial charge in [-0.2, -0.15) is 0 Å². The van der Waals surface area contributed by atoms with Gasteiger partial charge in [-0.05, 0) is 25.3 Å². The van der Waals surface area contributed by atoms with Crippen molar-refractivity contribution in [2.45, 2.75) is 25.8 Å². The minimum absolute atomic E-state index is 0.331. The van der Waals surface area contributed by atoms with Crippen LogP contribution in [0.15, 0.2) is 0 Å². The topological polar surface area (TPSA) is 49.5 Å². The van der Waals surface area contributed by atoms with Crippen LogP contribution >= 0.6 is 0 Å². The fourth-order valence-corrected chi connectivity index (χ4v) is 1.92. The van der Waals surface area contributed by atoms with E-state index < -0.39 is 0 Å². The molecule has 0 amide bonds. The van der Waals surface area contributed by atoms with Crippen LogP contribution in [0.4, 0.5) is 0 Å². The summed E-state index contributed by atoms with van der Waals surface area (Å²) in [5.74, 6) is 0.491. The molecule has 1 aliphatic rings. The van der Waals surface area contributed by atoms with Crippen molar-refractivity contribution >= 4 is 0 Å². The van der Waals surface area contributed by atoms with E-state index in [4.69, 9.17) is 10.8 Å². The zero-order chi connectivity index (χ0) is 8.97. The fraction of sp³-hybridized carbons (Fsp3) is 1.00. The molecule has 3 nitrogen and oxygen atoms in total. The van der Waals surface area contributed by atoms with Gasteiger partial charge in [-0.25, -0.2) is 0 Å². The maximum absolute atomic E-state index is 8.95. The Kier molecular flexibility index (Phi) is 3.98. The highest BCUT2D eigenvalue weighted by atomic mass is 16.3. The van der Waals surface area contributed by atoms with Crippen molar-refractivity contribution in [1.29, 1.82) is 0 Å². The summed E-state index contributed by atoms with van der Waals surface area (Å²) in [4.78, 5) is 2.40. The van der Waals surface area contributed by atoms with Crippen LogP contribution in [0.1, 0.15) is 19.8 Å². The van der Waals surface area contributed by atoms with E-state index in [9.17, 15) is 0 Å². The molecule has 0 aromatic heterocycles.